The van der Waals surface area contributed by atoms with E-state index in [-0.39, 0.29) is 0 Å². The molecule has 0 amide bonds. The molecule has 0 unspecified atom stereocenters. The molecule has 4 rings (SSSR count). The first kappa shape index (κ1) is 11.0. The first-order valence-corrected chi connectivity index (χ1v) is 7.06. The van der Waals surface area contributed by atoms with E-state index in [4.69, 9.17) is 0 Å². The van der Waals surface area contributed by atoms with E-state index in [9.17, 15) is 0 Å². The number of nitrogens with one attached hydrogen (secondary N) is 1. The van der Waals surface area contributed by atoms with E-state index in [1.165, 1.54) is 40.0 Å². The average molecular weight is 247 g/mol. The second kappa shape index (κ2) is 4.36. The largest absolute Gasteiger partial charge is 0.316 e. The average Bonchev–Trinajstić information content (AvgIpc) is 2.87. The van der Waals surface area contributed by atoms with Crippen molar-refractivity contribution in [3.8, 4) is 11.1 Å². The zero-order valence-corrected chi connectivity index (χ0v) is 10.9. The van der Waals surface area contributed by atoms with Crippen molar-refractivity contribution < 1.29 is 0 Å². The minimum atomic E-state index is 1.12. The number of fused-ring (bicyclic) bond motifs is 3. The summed E-state index contributed by atoms with van der Waals surface area (Å²) in [5, 5.41) is 6.34. The van der Waals surface area contributed by atoms with E-state index in [0.717, 1.165) is 13.1 Å². The maximum absolute atomic E-state index is 3.44. The van der Waals surface area contributed by atoms with Gasteiger partial charge in [-0.3, -0.25) is 0 Å². The SMILES string of the molecule is C1=c2c(cccc2=C2CCNCC2)-c2ccccc21. The molecular weight excluding hydrogens is 230 g/mol. The van der Waals surface area contributed by atoms with Crippen molar-refractivity contribution in [3.05, 3.63) is 58.5 Å². The normalized spacial score (nSPS) is 16.7. The van der Waals surface area contributed by atoms with Gasteiger partial charge in [0.25, 0.3) is 0 Å². The molecule has 0 aromatic heterocycles. The molecule has 1 nitrogen and oxygen atoms in total. The molecule has 1 aliphatic heterocycles. The molecule has 1 N–H and O–H groups in total. The molecule has 0 saturated carbocycles. The Morgan fingerprint density at radius 1 is 0.789 bits per heavy atom. The van der Waals surface area contributed by atoms with Crippen LogP contribution in [0, 0.1) is 0 Å². The Labute approximate surface area is 113 Å². The van der Waals surface area contributed by atoms with Gasteiger partial charge in [-0.05, 0) is 59.1 Å². The smallest absolute Gasteiger partial charge is 0.00111 e. The second-order valence-electron chi connectivity index (χ2n) is 5.35. The van der Waals surface area contributed by atoms with Gasteiger partial charge in [-0.2, -0.15) is 0 Å². The third kappa shape index (κ3) is 1.73. The maximum atomic E-state index is 3.44. The van der Waals surface area contributed by atoms with Gasteiger partial charge >= 0.3 is 0 Å². The third-order valence-corrected chi connectivity index (χ3v) is 4.24. The molecule has 2 aromatic carbocycles. The van der Waals surface area contributed by atoms with Crippen molar-refractivity contribution in [2.24, 2.45) is 0 Å². The van der Waals surface area contributed by atoms with Gasteiger partial charge in [0.05, 0.1) is 0 Å². The van der Waals surface area contributed by atoms with Crippen molar-refractivity contribution in [1.82, 2.24) is 5.32 Å². The molecule has 1 saturated heterocycles. The van der Waals surface area contributed by atoms with E-state index in [0.29, 0.717) is 0 Å². The Balaban J connectivity index is 2.03. The molecule has 1 fully saturated rings. The Hall–Kier alpha value is -1.86. The van der Waals surface area contributed by atoms with Gasteiger partial charge in [0, 0.05) is 0 Å². The lowest BCUT2D eigenvalue weighted by atomic mass is 9.99. The Kier molecular flexibility index (Phi) is 2.52. The lowest BCUT2D eigenvalue weighted by Gasteiger charge is -2.15. The van der Waals surface area contributed by atoms with Crippen LogP contribution in [0.4, 0.5) is 0 Å². The number of piperidine rings is 1. The van der Waals surface area contributed by atoms with Gasteiger partial charge < -0.3 is 5.32 Å². The highest BCUT2D eigenvalue weighted by molar-refractivity contribution is 5.83. The molecule has 1 heteroatoms. The molecule has 0 radical (unpaired) electrons. The molecular formula is C18H17N. The van der Waals surface area contributed by atoms with Gasteiger partial charge in [-0.25, -0.2) is 0 Å². The first-order chi connectivity index (χ1) is 9.43. The fraction of sp³-hybridized carbons (Fsp3) is 0.222. The molecule has 0 bridgehead atoms. The van der Waals surface area contributed by atoms with Crippen LogP contribution in [0.2, 0.25) is 0 Å². The van der Waals surface area contributed by atoms with Gasteiger partial charge in [-0.15, -0.1) is 0 Å². The van der Waals surface area contributed by atoms with Crippen molar-refractivity contribution in [2.45, 2.75) is 12.8 Å². The summed E-state index contributed by atoms with van der Waals surface area (Å²) >= 11 is 0. The van der Waals surface area contributed by atoms with E-state index < -0.39 is 0 Å². The van der Waals surface area contributed by atoms with Crippen molar-refractivity contribution in [2.75, 3.05) is 13.1 Å². The standard InChI is InChI=1S/C18H17N/c1-2-5-16-14(4-1)12-18-15(6-3-7-17(16)18)13-8-10-19-11-9-13/h1-7,12,19H,8-11H2. The molecule has 2 aromatic rings. The summed E-state index contributed by atoms with van der Waals surface area (Å²) in [7, 11) is 0. The van der Waals surface area contributed by atoms with E-state index in [1.54, 1.807) is 5.57 Å². The topological polar surface area (TPSA) is 12.0 Å². The van der Waals surface area contributed by atoms with Crippen LogP contribution in [0.5, 0.6) is 0 Å². The van der Waals surface area contributed by atoms with Gasteiger partial charge in [0.15, 0.2) is 0 Å². The van der Waals surface area contributed by atoms with Crippen LogP contribution in [-0.4, -0.2) is 13.1 Å². The number of rotatable bonds is 0. The highest BCUT2D eigenvalue weighted by Gasteiger charge is 2.13. The quantitative estimate of drug-likeness (QED) is 0.641. The Morgan fingerprint density at radius 2 is 1.58 bits per heavy atom. The van der Waals surface area contributed by atoms with Crippen molar-refractivity contribution >= 4 is 11.6 Å². The first-order valence-electron chi connectivity index (χ1n) is 7.06. The molecule has 1 aliphatic carbocycles. The predicted octanol–water partition coefficient (Wildman–Crippen LogP) is 2.03. The van der Waals surface area contributed by atoms with Crippen molar-refractivity contribution in [1.29, 1.82) is 0 Å². The highest BCUT2D eigenvalue weighted by atomic mass is 14.9. The lowest BCUT2D eigenvalue weighted by molar-refractivity contribution is 0.650. The second-order valence-corrected chi connectivity index (χ2v) is 5.35. The highest BCUT2D eigenvalue weighted by Crippen LogP contribution is 2.25. The molecule has 2 aliphatic rings. The summed E-state index contributed by atoms with van der Waals surface area (Å²) in [5.41, 5.74) is 5.76. The van der Waals surface area contributed by atoms with Crippen LogP contribution in [-0.2, 0) is 0 Å². The van der Waals surface area contributed by atoms with E-state index in [2.05, 4.69) is 53.9 Å². The van der Waals surface area contributed by atoms with Crippen LogP contribution in [0.15, 0.2) is 42.5 Å². The minimum absolute atomic E-state index is 1.12. The summed E-state index contributed by atoms with van der Waals surface area (Å²) in [4.78, 5) is 0. The van der Waals surface area contributed by atoms with Crippen molar-refractivity contribution in [3.63, 3.8) is 0 Å². The van der Waals surface area contributed by atoms with Crippen LogP contribution >= 0.6 is 0 Å². The van der Waals surface area contributed by atoms with Crippen LogP contribution in [0.1, 0.15) is 18.4 Å². The number of hydrogen-bond donors (Lipinski definition) is 1. The number of hydrogen-bond acceptors (Lipinski definition) is 1. The molecule has 19 heavy (non-hydrogen) atoms. The summed E-state index contributed by atoms with van der Waals surface area (Å²) in [6.07, 6.45) is 4.72. The molecule has 0 atom stereocenters. The fourth-order valence-electron chi connectivity index (χ4n) is 3.29. The van der Waals surface area contributed by atoms with Gasteiger partial charge in [0.1, 0.15) is 0 Å². The number of benzene rings is 2. The van der Waals surface area contributed by atoms with Crippen LogP contribution in [0.3, 0.4) is 0 Å². The monoisotopic (exact) mass is 247 g/mol. The van der Waals surface area contributed by atoms with Gasteiger partial charge in [-0.1, -0.05) is 48.0 Å². The Bertz CT molecular complexity index is 748. The van der Waals surface area contributed by atoms with E-state index >= 15 is 0 Å². The lowest BCUT2D eigenvalue weighted by Crippen LogP contribution is -2.32. The molecule has 94 valence electrons. The van der Waals surface area contributed by atoms with Crippen LogP contribution in [0.25, 0.3) is 22.8 Å². The minimum Gasteiger partial charge on any atom is -0.316 e. The van der Waals surface area contributed by atoms with E-state index in [1.807, 2.05) is 0 Å². The van der Waals surface area contributed by atoms with Gasteiger partial charge in [0.2, 0.25) is 0 Å². The maximum Gasteiger partial charge on any atom is -0.00111 e. The summed E-state index contributed by atoms with van der Waals surface area (Å²) in [6, 6.07) is 15.5. The Morgan fingerprint density at radius 3 is 2.47 bits per heavy atom. The molecule has 1 heterocycles. The zero-order chi connectivity index (χ0) is 12.7. The predicted molar refractivity (Wildman–Crippen MR) is 80.2 cm³/mol. The molecule has 0 spiro atoms. The zero-order valence-electron chi connectivity index (χ0n) is 10.9. The van der Waals surface area contributed by atoms with Crippen LogP contribution < -0.4 is 15.8 Å². The third-order valence-electron chi connectivity index (χ3n) is 4.24. The summed E-state index contributed by atoms with van der Waals surface area (Å²) in [6.45, 7) is 2.23. The summed E-state index contributed by atoms with van der Waals surface area (Å²) in [5.74, 6) is 0. The fourth-order valence-corrected chi connectivity index (χ4v) is 3.29. The summed E-state index contributed by atoms with van der Waals surface area (Å²) < 4.78 is 0.